The van der Waals surface area contributed by atoms with Crippen LogP contribution in [0.3, 0.4) is 0 Å². The lowest BCUT2D eigenvalue weighted by atomic mass is 10.1. The van der Waals surface area contributed by atoms with Gasteiger partial charge in [0.2, 0.25) is 0 Å². The lowest BCUT2D eigenvalue weighted by Crippen LogP contribution is -2.34. The van der Waals surface area contributed by atoms with Crippen LogP contribution in [0.25, 0.3) is 0 Å². The van der Waals surface area contributed by atoms with Crippen molar-refractivity contribution in [2.75, 3.05) is 6.54 Å². The van der Waals surface area contributed by atoms with Gasteiger partial charge in [-0.2, -0.15) is 0 Å². The molecule has 2 atom stereocenters. The zero-order valence-corrected chi connectivity index (χ0v) is 13.5. The maximum atomic E-state index is 9.81. The summed E-state index contributed by atoms with van der Waals surface area (Å²) in [6.45, 7) is 5.04. The molecule has 5 nitrogen and oxygen atoms in total. The van der Waals surface area contributed by atoms with Crippen molar-refractivity contribution in [1.82, 2.24) is 9.99 Å². The summed E-state index contributed by atoms with van der Waals surface area (Å²) in [5, 5.41) is 11.6. The Kier molecular flexibility index (Phi) is 5.80. The van der Waals surface area contributed by atoms with E-state index in [4.69, 9.17) is 17.0 Å². The highest BCUT2D eigenvalue weighted by Gasteiger charge is 2.18. The number of hydrogen-bond donors (Lipinski definition) is 2. The highest BCUT2D eigenvalue weighted by molar-refractivity contribution is 5.33. The predicted octanol–water partition coefficient (Wildman–Crippen LogP) is 2.17. The van der Waals surface area contributed by atoms with Crippen LogP contribution in [0.1, 0.15) is 32.1 Å². The third kappa shape index (κ3) is 4.59. The molecule has 0 saturated carbocycles. The van der Waals surface area contributed by atoms with Crippen molar-refractivity contribution < 1.29 is 9.84 Å². The molecule has 0 radical (unpaired) electrons. The Hall–Kier alpha value is -2.29. The minimum atomic E-state index is -1.07. The predicted molar refractivity (Wildman–Crippen MR) is 90.0 cm³/mol. The van der Waals surface area contributed by atoms with Crippen LogP contribution in [-0.2, 0) is 0 Å². The number of hydrazine groups is 1. The van der Waals surface area contributed by atoms with Crippen molar-refractivity contribution in [1.29, 1.82) is 0 Å². The summed E-state index contributed by atoms with van der Waals surface area (Å²) in [7, 11) is 0. The van der Waals surface area contributed by atoms with E-state index in [1.807, 2.05) is 18.2 Å². The number of pyridine rings is 1. The Bertz CT molecular complexity index is 631. The second-order valence-electron chi connectivity index (χ2n) is 5.88. The van der Waals surface area contributed by atoms with E-state index >= 15 is 0 Å². The highest BCUT2D eigenvalue weighted by Crippen LogP contribution is 2.25. The first-order valence-electron chi connectivity index (χ1n) is 7.67. The number of ether oxygens (including phenoxy) is 1. The van der Waals surface area contributed by atoms with E-state index < -0.39 is 6.10 Å². The summed E-state index contributed by atoms with van der Waals surface area (Å²) < 4.78 is 5.91. The molecular weight excluding hydrogens is 290 g/mol. The fourth-order valence-corrected chi connectivity index (χ4v) is 2.34. The van der Waals surface area contributed by atoms with Gasteiger partial charge < -0.3 is 14.9 Å². The van der Waals surface area contributed by atoms with E-state index in [0.29, 0.717) is 23.8 Å². The second kappa shape index (κ2) is 7.82. The Morgan fingerprint density at radius 2 is 2.35 bits per heavy atom. The van der Waals surface area contributed by atoms with Crippen molar-refractivity contribution in [3.8, 4) is 18.1 Å². The molecule has 0 saturated heterocycles. The molecular formula is C18H23N3O2. The highest BCUT2D eigenvalue weighted by atomic mass is 16.5. The van der Waals surface area contributed by atoms with Crippen molar-refractivity contribution >= 4 is 0 Å². The first kappa shape index (κ1) is 17.1. The standard InChI is InChI=1S/C18H23N3O2/c1-4-16(22)18-17(6-5-11-20-18)23-15-9-7-14(8-10-15)21(19)12-13(2)3/h1,5-9,11,13,15-16,22H,10,12,19H2,2-3H3. The second-order valence-corrected chi connectivity index (χ2v) is 5.88. The van der Waals surface area contributed by atoms with Crippen LogP contribution >= 0.6 is 0 Å². The Morgan fingerprint density at radius 3 is 2.96 bits per heavy atom. The minimum Gasteiger partial charge on any atom is -0.484 e. The van der Waals surface area contributed by atoms with Gasteiger partial charge >= 0.3 is 0 Å². The van der Waals surface area contributed by atoms with Gasteiger partial charge in [-0.3, -0.25) is 4.98 Å². The lowest BCUT2D eigenvalue weighted by molar-refractivity contribution is 0.206. The average molecular weight is 313 g/mol. The molecule has 0 fully saturated rings. The van der Waals surface area contributed by atoms with Crippen molar-refractivity contribution in [3.05, 3.63) is 47.9 Å². The first-order valence-corrected chi connectivity index (χ1v) is 7.67. The monoisotopic (exact) mass is 313 g/mol. The van der Waals surface area contributed by atoms with Gasteiger partial charge in [-0.15, -0.1) is 6.42 Å². The van der Waals surface area contributed by atoms with Crippen LogP contribution in [0.4, 0.5) is 0 Å². The maximum absolute atomic E-state index is 9.81. The number of nitrogens with two attached hydrogens (primary N) is 1. The lowest BCUT2D eigenvalue weighted by Gasteiger charge is -2.26. The molecule has 2 unspecified atom stereocenters. The van der Waals surface area contributed by atoms with Gasteiger partial charge in [0.05, 0.1) is 0 Å². The number of terminal acetylenes is 1. The van der Waals surface area contributed by atoms with E-state index in [-0.39, 0.29) is 6.10 Å². The van der Waals surface area contributed by atoms with Crippen LogP contribution in [0.5, 0.6) is 5.75 Å². The van der Waals surface area contributed by atoms with Gasteiger partial charge in [-0.1, -0.05) is 25.8 Å². The molecule has 0 aliphatic heterocycles. The fraction of sp³-hybridized carbons (Fsp3) is 0.389. The van der Waals surface area contributed by atoms with Gasteiger partial charge in [0, 0.05) is 24.9 Å². The number of aliphatic hydroxyl groups excluding tert-OH is 1. The summed E-state index contributed by atoms with van der Waals surface area (Å²) in [5.74, 6) is 9.28. The molecule has 2 rings (SSSR count). The first-order chi connectivity index (χ1) is 11.0. The summed E-state index contributed by atoms with van der Waals surface area (Å²) in [5.41, 5.74) is 1.34. The molecule has 1 aliphatic carbocycles. The number of aliphatic hydroxyl groups is 1. The molecule has 0 bridgehead atoms. The quantitative estimate of drug-likeness (QED) is 0.478. The minimum absolute atomic E-state index is 0.140. The number of aromatic nitrogens is 1. The van der Waals surface area contributed by atoms with E-state index in [1.54, 1.807) is 23.3 Å². The zero-order valence-electron chi connectivity index (χ0n) is 13.5. The van der Waals surface area contributed by atoms with Crippen LogP contribution in [0.2, 0.25) is 0 Å². The molecule has 5 heteroatoms. The smallest absolute Gasteiger partial charge is 0.160 e. The topological polar surface area (TPSA) is 71.6 Å². The fourth-order valence-electron chi connectivity index (χ4n) is 2.34. The molecule has 0 amide bonds. The van der Waals surface area contributed by atoms with Gasteiger partial charge in [-0.05, 0) is 30.2 Å². The molecule has 0 spiro atoms. The molecule has 1 heterocycles. The van der Waals surface area contributed by atoms with Gasteiger partial charge in [0.25, 0.3) is 0 Å². The molecule has 3 N–H and O–H groups in total. The van der Waals surface area contributed by atoms with Crippen LogP contribution < -0.4 is 10.6 Å². The van der Waals surface area contributed by atoms with Crippen molar-refractivity contribution in [2.45, 2.75) is 32.5 Å². The molecule has 1 aromatic heterocycles. The van der Waals surface area contributed by atoms with Gasteiger partial charge in [-0.25, -0.2) is 5.84 Å². The molecule has 1 aromatic rings. The van der Waals surface area contributed by atoms with E-state index in [2.05, 4.69) is 24.8 Å². The SMILES string of the molecule is C#CC(O)c1ncccc1OC1C=CC(N(N)CC(C)C)=CC1. The van der Waals surface area contributed by atoms with E-state index in [9.17, 15) is 5.11 Å². The van der Waals surface area contributed by atoms with E-state index in [1.165, 1.54) is 0 Å². The largest absolute Gasteiger partial charge is 0.484 e. The zero-order chi connectivity index (χ0) is 16.8. The Labute approximate surface area is 137 Å². The normalized spacial score (nSPS) is 18.3. The molecule has 0 aromatic carbocycles. The van der Waals surface area contributed by atoms with Crippen LogP contribution in [0.15, 0.2) is 42.3 Å². The number of rotatable bonds is 6. The summed E-state index contributed by atoms with van der Waals surface area (Å²) in [4.78, 5) is 4.11. The summed E-state index contributed by atoms with van der Waals surface area (Å²) in [6.07, 6.45) is 12.3. The van der Waals surface area contributed by atoms with Gasteiger partial charge in [0.1, 0.15) is 17.5 Å². The Morgan fingerprint density at radius 1 is 1.57 bits per heavy atom. The number of nitrogens with zero attached hydrogens (tertiary/aromatic N) is 2. The number of hydrogen-bond acceptors (Lipinski definition) is 5. The third-order valence-electron chi connectivity index (χ3n) is 3.43. The van der Waals surface area contributed by atoms with Gasteiger partial charge in [0.15, 0.2) is 6.10 Å². The average Bonchev–Trinajstić information content (AvgIpc) is 2.54. The van der Waals surface area contributed by atoms with Crippen LogP contribution in [0, 0.1) is 18.3 Å². The molecule has 23 heavy (non-hydrogen) atoms. The molecule has 1 aliphatic rings. The summed E-state index contributed by atoms with van der Waals surface area (Å²) in [6, 6.07) is 3.50. The Balaban J connectivity index is 2.02. The maximum Gasteiger partial charge on any atom is 0.160 e. The molecule has 122 valence electrons. The summed E-state index contributed by atoms with van der Waals surface area (Å²) >= 11 is 0. The van der Waals surface area contributed by atoms with Crippen molar-refractivity contribution in [3.63, 3.8) is 0 Å². The third-order valence-corrected chi connectivity index (χ3v) is 3.43. The van der Waals surface area contributed by atoms with Crippen LogP contribution in [-0.4, -0.2) is 27.7 Å². The number of allylic oxidation sites excluding steroid dienone is 1. The van der Waals surface area contributed by atoms with E-state index in [0.717, 1.165) is 12.2 Å². The van der Waals surface area contributed by atoms with Crippen molar-refractivity contribution in [2.24, 2.45) is 11.8 Å².